The molecule has 0 amide bonds. The third-order valence-electron chi connectivity index (χ3n) is 9.16. The molecule has 6 rings (SSSR count). The van der Waals surface area contributed by atoms with Crippen molar-refractivity contribution in [3.63, 3.8) is 0 Å². The van der Waals surface area contributed by atoms with Crippen molar-refractivity contribution in [2.45, 2.75) is 59.3 Å². The molecule has 9 heteroatoms. The van der Waals surface area contributed by atoms with Gasteiger partial charge in [0.15, 0.2) is 5.78 Å². The van der Waals surface area contributed by atoms with Crippen molar-refractivity contribution < 1.29 is 42.9 Å². The van der Waals surface area contributed by atoms with Crippen molar-refractivity contribution in [2.24, 2.45) is 0 Å². The maximum absolute atomic E-state index is 13.3. The van der Waals surface area contributed by atoms with E-state index in [0.717, 1.165) is 36.8 Å². The number of carbonyl (C=O) groups excluding carboxylic acids is 5. The normalized spacial score (nSPS) is 10.8. The van der Waals surface area contributed by atoms with Crippen LogP contribution in [0.15, 0.2) is 127 Å². The van der Waals surface area contributed by atoms with Gasteiger partial charge in [-0.05, 0) is 138 Å². The van der Waals surface area contributed by atoms with E-state index in [1.165, 1.54) is 48.5 Å². The lowest BCUT2D eigenvalue weighted by Crippen LogP contribution is -2.12. The van der Waals surface area contributed by atoms with Crippen LogP contribution in [-0.4, -0.2) is 29.7 Å². The quantitative estimate of drug-likeness (QED) is 0.0571. The molecule has 0 atom stereocenters. The summed E-state index contributed by atoms with van der Waals surface area (Å²) in [4.78, 5) is 64.9. The summed E-state index contributed by atoms with van der Waals surface area (Å²) >= 11 is 0. The predicted octanol–water partition coefficient (Wildman–Crippen LogP) is 10.6. The molecule has 0 saturated heterocycles. The number of fused-ring (bicyclic) bond motifs is 1. The van der Waals surface area contributed by atoms with Gasteiger partial charge >= 0.3 is 23.9 Å². The predicted molar refractivity (Wildman–Crippen MR) is 217 cm³/mol. The summed E-state index contributed by atoms with van der Waals surface area (Å²) < 4.78 is 22.4. The van der Waals surface area contributed by atoms with E-state index >= 15 is 0 Å². The van der Waals surface area contributed by atoms with Crippen LogP contribution < -0.4 is 18.9 Å². The summed E-state index contributed by atoms with van der Waals surface area (Å²) in [6, 6.07) is 34.7. The van der Waals surface area contributed by atoms with Gasteiger partial charge in [0, 0.05) is 6.42 Å². The molecular formula is C48H42O9. The maximum atomic E-state index is 13.3. The van der Waals surface area contributed by atoms with Crippen molar-refractivity contribution in [2.75, 3.05) is 0 Å². The van der Waals surface area contributed by atoms with Crippen LogP contribution >= 0.6 is 0 Å². The SMILES string of the molecule is CCCC(=O)c1cc2cc(OC(=O)c3ccc(OC(=O)c4ccc(CCC)cc4)cc3)ccc2cc1OC(=O)c1ccc(OC(=O)c2ccc(CCC)cc2)cc1. The number of benzene rings is 6. The van der Waals surface area contributed by atoms with Crippen LogP contribution in [0.5, 0.6) is 23.0 Å². The number of ketones is 1. The number of hydrogen-bond acceptors (Lipinski definition) is 9. The number of aryl methyl sites for hydroxylation is 2. The fourth-order valence-corrected chi connectivity index (χ4v) is 6.15. The summed E-state index contributed by atoms with van der Waals surface area (Å²) in [5, 5.41) is 1.23. The van der Waals surface area contributed by atoms with E-state index in [-0.39, 0.29) is 51.9 Å². The lowest BCUT2D eigenvalue weighted by molar-refractivity contribution is 0.0718. The lowest BCUT2D eigenvalue weighted by atomic mass is 10.0. The molecule has 0 aromatic heterocycles. The van der Waals surface area contributed by atoms with Gasteiger partial charge in [0.1, 0.15) is 23.0 Å². The largest absolute Gasteiger partial charge is 0.423 e. The van der Waals surface area contributed by atoms with Gasteiger partial charge < -0.3 is 18.9 Å². The minimum atomic E-state index is -0.698. The van der Waals surface area contributed by atoms with Crippen LogP contribution in [0.1, 0.15) is 109 Å². The van der Waals surface area contributed by atoms with E-state index < -0.39 is 23.9 Å². The third kappa shape index (κ3) is 10.3. The van der Waals surface area contributed by atoms with Gasteiger partial charge in [0.25, 0.3) is 0 Å². The lowest BCUT2D eigenvalue weighted by Gasteiger charge is -2.13. The molecular weight excluding hydrogens is 721 g/mol. The van der Waals surface area contributed by atoms with E-state index in [9.17, 15) is 24.0 Å². The van der Waals surface area contributed by atoms with Gasteiger partial charge in [-0.25, -0.2) is 19.2 Å². The highest BCUT2D eigenvalue weighted by Gasteiger charge is 2.19. The summed E-state index contributed by atoms with van der Waals surface area (Å²) in [7, 11) is 0. The molecule has 0 aliphatic carbocycles. The molecule has 0 heterocycles. The van der Waals surface area contributed by atoms with Crippen LogP contribution in [-0.2, 0) is 12.8 Å². The molecule has 57 heavy (non-hydrogen) atoms. The van der Waals surface area contributed by atoms with Crippen LogP contribution in [0, 0.1) is 0 Å². The molecule has 288 valence electrons. The summed E-state index contributed by atoms with van der Waals surface area (Å²) in [6.45, 7) is 6.06. The number of esters is 4. The van der Waals surface area contributed by atoms with Crippen LogP contribution in [0.2, 0.25) is 0 Å². The number of rotatable bonds is 15. The van der Waals surface area contributed by atoms with Gasteiger partial charge in [0.2, 0.25) is 0 Å². The summed E-state index contributed by atoms with van der Waals surface area (Å²) in [5.74, 6) is -1.69. The highest BCUT2D eigenvalue weighted by molar-refractivity contribution is 6.04. The second-order valence-corrected chi connectivity index (χ2v) is 13.5. The second kappa shape index (κ2) is 18.6. The molecule has 6 aromatic carbocycles. The van der Waals surface area contributed by atoms with Gasteiger partial charge in [-0.2, -0.15) is 0 Å². The summed E-state index contributed by atoms with van der Waals surface area (Å²) in [6.07, 6.45) is 4.68. The Labute approximate surface area is 331 Å². The fraction of sp³-hybridized carbons (Fsp3) is 0.188. The molecule has 0 saturated carbocycles. The molecule has 0 fully saturated rings. The van der Waals surface area contributed by atoms with Crippen molar-refractivity contribution in [3.8, 4) is 23.0 Å². The Kier molecular flexibility index (Phi) is 13.0. The topological polar surface area (TPSA) is 122 Å². The van der Waals surface area contributed by atoms with Crippen molar-refractivity contribution >= 4 is 40.4 Å². The first-order chi connectivity index (χ1) is 27.6. The van der Waals surface area contributed by atoms with E-state index in [0.29, 0.717) is 28.3 Å². The first-order valence-electron chi connectivity index (χ1n) is 19.0. The zero-order valence-electron chi connectivity index (χ0n) is 32.0. The Morgan fingerprint density at radius 3 is 1.25 bits per heavy atom. The van der Waals surface area contributed by atoms with E-state index in [1.807, 2.05) is 31.2 Å². The Balaban J connectivity index is 1.11. The molecule has 0 radical (unpaired) electrons. The second-order valence-electron chi connectivity index (χ2n) is 13.5. The van der Waals surface area contributed by atoms with Crippen LogP contribution in [0.3, 0.4) is 0 Å². The zero-order chi connectivity index (χ0) is 40.3. The first-order valence-corrected chi connectivity index (χ1v) is 19.0. The number of carbonyl (C=O) groups is 5. The van der Waals surface area contributed by atoms with Gasteiger partial charge in [0.05, 0.1) is 27.8 Å². The maximum Gasteiger partial charge on any atom is 0.343 e. The molecule has 0 unspecified atom stereocenters. The van der Waals surface area contributed by atoms with Crippen molar-refractivity contribution in [3.05, 3.63) is 166 Å². The van der Waals surface area contributed by atoms with E-state index in [2.05, 4.69) is 13.8 Å². The molecule has 0 N–H and O–H groups in total. The third-order valence-corrected chi connectivity index (χ3v) is 9.16. The van der Waals surface area contributed by atoms with Crippen molar-refractivity contribution in [1.82, 2.24) is 0 Å². The molecule has 6 aromatic rings. The highest BCUT2D eigenvalue weighted by Crippen LogP contribution is 2.31. The number of Topliss-reactive ketones (excluding diaryl/α,β-unsaturated/α-hetero) is 1. The molecule has 0 spiro atoms. The first kappa shape index (κ1) is 39.8. The number of hydrogen-bond donors (Lipinski definition) is 0. The molecule has 0 aliphatic rings. The van der Waals surface area contributed by atoms with Crippen LogP contribution in [0.4, 0.5) is 0 Å². The van der Waals surface area contributed by atoms with Crippen LogP contribution in [0.25, 0.3) is 10.8 Å². The average Bonchev–Trinajstić information content (AvgIpc) is 3.22. The Bertz CT molecular complexity index is 2390. The molecule has 0 aliphatic heterocycles. The average molecular weight is 763 g/mol. The smallest absolute Gasteiger partial charge is 0.343 e. The zero-order valence-corrected chi connectivity index (χ0v) is 32.0. The van der Waals surface area contributed by atoms with Gasteiger partial charge in [-0.1, -0.05) is 63.9 Å². The monoisotopic (exact) mass is 762 g/mol. The number of ether oxygens (including phenoxy) is 4. The van der Waals surface area contributed by atoms with Crippen molar-refractivity contribution in [1.29, 1.82) is 0 Å². The highest BCUT2D eigenvalue weighted by atomic mass is 16.5. The fourth-order valence-electron chi connectivity index (χ4n) is 6.15. The standard InChI is InChI=1S/C48H42O9/c1-4-7-31-10-14-33(15-11-31)45(50)54-39-23-18-35(19-24-39)47(52)56-41-27-22-37-30-44(42(29-38(37)28-41)43(49)9-6-3)57-48(53)36-20-25-40(26-21-36)55-46(51)34-16-12-32(8-5-2)13-17-34/h10-30H,4-9H2,1-3H3. The minimum absolute atomic E-state index is 0.0898. The van der Waals surface area contributed by atoms with E-state index in [1.54, 1.807) is 54.6 Å². The van der Waals surface area contributed by atoms with E-state index in [4.69, 9.17) is 18.9 Å². The Morgan fingerprint density at radius 2 is 0.807 bits per heavy atom. The minimum Gasteiger partial charge on any atom is -0.423 e. The molecule has 9 nitrogen and oxygen atoms in total. The van der Waals surface area contributed by atoms with Gasteiger partial charge in [-0.15, -0.1) is 0 Å². The molecule has 0 bridgehead atoms. The Hall–Kier alpha value is -6.87. The van der Waals surface area contributed by atoms with Gasteiger partial charge in [-0.3, -0.25) is 4.79 Å². The summed E-state index contributed by atoms with van der Waals surface area (Å²) in [5.41, 5.74) is 3.76. The Morgan fingerprint density at radius 1 is 0.404 bits per heavy atom.